The average molecular weight is 757 g/mol. The third kappa shape index (κ3) is 27.1. The molecule has 0 saturated heterocycles. The van der Waals surface area contributed by atoms with Crippen LogP contribution in [0.15, 0.2) is 66.4 Å². The van der Waals surface area contributed by atoms with Crippen LogP contribution in [0.3, 0.4) is 0 Å². The summed E-state index contributed by atoms with van der Waals surface area (Å²) in [5.74, 6) is 0. The predicted octanol–water partition coefficient (Wildman–Crippen LogP) is 9.60. The average Bonchev–Trinajstić information content (AvgIpc) is 3.70. The maximum Gasteiger partial charge on any atom is 2.00 e. The van der Waals surface area contributed by atoms with Crippen LogP contribution in [0.2, 0.25) is 0 Å². The molecule has 9 nitrogen and oxygen atoms in total. The van der Waals surface area contributed by atoms with Crippen molar-refractivity contribution in [1.82, 2.24) is 15.0 Å². The van der Waals surface area contributed by atoms with E-state index in [-0.39, 0.29) is 50.0 Å². The van der Waals surface area contributed by atoms with E-state index >= 15 is 0 Å². The number of aromatic amines is 1. The summed E-state index contributed by atoms with van der Waals surface area (Å²) in [4.78, 5) is 38.7. The van der Waals surface area contributed by atoms with Gasteiger partial charge in [0.1, 0.15) is 0 Å². The van der Waals surface area contributed by atoms with Crippen LogP contribution in [0.1, 0.15) is 159 Å². The summed E-state index contributed by atoms with van der Waals surface area (Å²) in [6, 6.07) is 11.9. The summed E-state index contributed by atoms with van der Waals surface area (Å²) in [5, 5.41) is 0. The number of hydrogen-bond acceptors (Lipinski definition) is 6. The number of nitrogens with one attached hydrogen (secondary N) is 1. The number of hydrogen-bond donors (Lipinski definition) is 1. The van der Waals surface area contributed by atoms with Crippen molar-refractivity contribution in [2.75, 3.05) is 0 Å². The Hall–Kier alpha value is -3.63. The second-order valence-electron chi connectivity index (χ2n) is 18.5. The van der Waals surface area contributed by atoms with E-state index < -0.39 is 0 Å². The van der Waals surface area contributed by atoms with Gasteiger partial charge in [-0.3, -0.25) is 30.0 Å². The molecule has 3 rings (SSSR count). The van der Waals surface area contributed by atoms with Crippen molar-refractivity contribution < 1.29 is 16.8 Å². The zero-order valence-electron chi connectivity index (χ0n) is 35.3. The fourth-order valence-corrected chi connectivity index (χ4v) is 3.22. The molecule has 0 aromatic carbocycles. The fourth-order valence-electron chi connectivity index (χ4n) is 3.22. The molecule has 0 bridgehead atoms. The first-order valence-corrected chi connectivity index (χ1v) is 17.7. The van der Waals surface area contributed by atoms with Crippen LogP contribution in [0.5, 0.6) is 0 Å². The Kier molecular flexibility index (Phi) is 18.6. The standard InChI is InChI=1S/C14H23N3.2C14H22N3.Co/c3*1-13(2,3)15-9-11-7-8-12(17-11)10-16-14(4,5)6;/h7-10,17H,1-6H3;2*7-10H,1-6H3;/q;2*-1;+2. The van der Waals surface area contributed by atoms with Gasteiger partial charge in [0.2, 0.25) is 0 Å². The minimum absolute atomic E-state index is 0. The molecule has 3 aromatic rings. The first-order chi connectivity index (χ1) is 23.0. The van der Waals surface area contributed by atoms with Gasteiger partial charge in [0, 0.05) is 37.3 Å². The largest absolute Gasteiger partial charge is 2.00 e. The van der Waals surface area contributed by atoms with Gasteiger partial charge >= 0.3 is 16.8 Å². The molecule has 0 saturated carbocycles. The van der Waals surface area contributed by atoms with E-state index in [1.54, 1.807) is 0 Å². The first kappa shape index (κ1) is 48.4. The van der Waals surface area contributed by atoms with Crippen molar-refractivity contribution in [3.8, 4) is 0 Å². The van der Waals surface area contributed by atoms with Gasteiger partial charge in [-0.1, -0.05) is 24.3 Å². The van der Waals surface area contributed by atoms with Gasteiger partial charge < -0.3 is 15.0 Å². The monoisotopic (exact) mass is 756 g/mol. The Morgan fingerprint density at radius 3 is 0.731 bits per heavy atom. The predicted molar refractivity (Wildman–Crippen MR) is 224 cm³/mol. The van der Waals surface area contributed by atoms with Crippen LogP contribution in [-0.4, -0.2) is 75.5 Å². The third-order valence-electron chi connectivity index (χ3n) is 5.62. The van der Waals surface area contributed by atoms with Gasteiger partial charge in [0.05, 0.1) is 44.6 Å². The van der Waals surface area contributed by atoms with Crippen LogP contribution in [0.4, 0.5) is 0 Å². The second-order valence-corrected chi connectivity index (χ2v) is 18.5. The molecule has 52 heavy (non-hydrogen) atoms. The van der Waals surface area contributed by atoms with Crippen molar-refractivity contribution in [3.05, 3.63) is 70.6 Å². The topological polar surface area (TPSA) is 118 Å². The molecule has 3 heterocycles. The molecule has 1 N–H and O–H groups in total. The van der Waals surface area contributed by atoms with E-state index in [4.69, 9.17) is 0 Å². The van der Waals surface area contributed by atoms with Crippen molar-refractivity contribution >= 4 is 37.3 Å². The van der Waals surface area contributed by atoms with Crippen molar-refractivity contribution in [3.63, 3.8) is 0 Å². The molecular weight excluding hydrogens is 689 g/mol. The first-order valence-electron chi connectivity index (χ1n) is 17.7. The zero-order chi connectivity index (χ0) is 39.3. The molecule has 0 aliphatic rings. The molecular formula is C42H67CoN9. The van der Waals surface area contributed by atoms with Crippen LogP contribution in [0.25, 0.3) is 0 Å². The molecule has 289 valence electrons. The van der Waals surface area contributed by atoms with Gasteiger partial charge in [-0.05, 0) is 137 Å². The molecule has 0 amide bonds. The van der Waals surface area contributed by atoms with Crippen molar-refractivity contribution in [1.29, 1.82) is 0 Å². The SMILES string of the molecule is CC(C)(C)N=Cc1ccc(C=NC(C)(C)C)[n-]1.CC(C)(C)N=Cc1ccc(C=NC(C)(C)C)[n-]1.CC(C)(C)N=Cc1ccc(C=NC(C)(C)C)[nH]1.[Co+2]. The van der Waals surface area contributed by atoms with E-state index in [0.29, 0.717) is 0 Å². The minimum Gasteiger partial charge on any atom is -0.655 e. The third-order valence-corrected chi connectivity index (χ3v) is 5.62. The molecule has 0 unspecified atom stereocenters. The maximum atomic E-state index is 4.45. The fraction of sp³-hybridized carbons (Fsp3) is 0.571. The van der Waals surface area contributed by atoms with Gasteiger partial charge in [-0.15, -0.1) is 22.8 Å². The minimum atomic E-state index is -0.0569. The van der Waals surface area contributed by atoms with E-state index in [9.17, 15) is 0 Å². The number of aromatic nitrogens is 3. The van der Waals surface area contributed by atoms with E-state index in [1.165, 1.54) is 0 Å². The van der Waals surface area contributed by atoms with Gasteiger partial charge in [0.25, 0.3) is 0 Å². The summed E-state index contributed by atoms with van der Waals surface area (Å²) < 4.78 is 0. The summed E-state index contributed by atoms with van der Waals surface area (Å²) in [7, 11) is 0. The van der Waals surface area contributed by atoms with Crippen molar-refractivity contribution in [2.45, 2.75) is 158 Å². The van der Waals surface area contributed by atoms with E-state index in [0.717, 1.165) is 34.2 Å². The normalized spacial score (nSPS) is 13.7. The van der Waals surface area contributed by atoms with Gasteiger partial charge in [-0.2, -0.15) is 0 Å². The van der Waals surface area contributed by atoms with Gasteiger partial charge in [-0.25, -0.2) is 0 Å². The van der Waals surface area contributed by atoms with Crippen LogP contribution in [-0.2, 0) is 16.8 Å². The Morgan fingerprint density at radius 2 is 0.538 bits per heavy atom. The van der Waals surface area contributed by atoms with Crippen LogP contribution in [0, 0.1) is 0 Å². The molecule has 0 atom stereocenters. The van der Waals surface area contributed by atoms with Crippen LogP contribution >= 0.6 is 0 Å². The molecule has 0 fully saturated rings. The molecule has 0 aliphatic heterocycles. The van der Waals surface area contributed by atoms with Gasteiger partial charge in [0.15, 0.2) is 0 Å². The zero-order valence-corrected chi connectivity index (χ0v) is 36.4. The number of nitrogens with zero attached hydrogens (tertiary/aromatic N) is 8. The Balaban J connectivity index is 0.000000743. The second kappa shape index (κ2) is 20.0. The number of aliphatic imine (C=N–C) groups is 6. The number of H-pyrrole nitrogens is 1. The Bertz CT molecular complexity index is 1320. The Labute approximate surface area is 326 Å². The molecule has 3 aromatic heterocycles. The molecule has 0 aliphatic carbocycles. The maximum absolute atomic E-state index is 4.45. The smallest absolute Gasteiger partial charge is 0.655 e. The van der Waals surface area contributed by atoms with E-state index in [2.05, 4.69) is 170 Å². The van der Waals surface area contributed by atoms with Crippen molar-refractivity contribution in [2.24, 2.45) is 30.0 Å². The summed E-state index contributed by atoms with van der Waals surface area (Å²) >= 11 is 0. The molecule has 10 heteroatoms. The molecule has 1 radical (unpaired) electrons. The summed E-state index contributed by atoms with van der Waals surface area (Å²) in [6.45, 7) is 37.2. The summed E-state index contributed by atoms with van der Waals surface area (Å²) in [6.07, 6.45) is 11.0. The van der Waals surface area contributed by atoms with Crippen LogP contribution < -0.4 is 9.97 Å². The summed E-state index contributed by atoms with van der Waals surface area (Å²) in [5.41, 5.74) is 5.26. The van der Waals surface area contributed by atoms with E-state index in [1.807, 2.05) is 73.7 Å². The quantitative estimate of drug-likeness (QED) is 0.252. The Morgan fingerprint density at radius 1 is 0.346 bits per heavy atom. The molecule has 0 spiro atoms. The number of rotatable bonds is 6.